The molecule has 0 unspecified atom stereocenters. The topological polar surface area (TPSA) is 40.5 Å². The zero-order chi connectivity index (χ0) is 13.5. The first kappa shape index (κ1) is 14.1. The fourth-order valence-electron chi connectivity index (χ4n) is 2.18. The summed E-state index contributed by atoms with van der Waals surface area (Å²) in [5.41, 5.74) is 0.750. The van der Waals surface area contributed by atoms with Gasteiger partial charge in [-0.25, -0.2) is 0 Å². The quantitative estimate of drug-likeness (QED) is 0.844. The van der Waals surface area contributed by atoms with E-state index in [0.717, 1.165) is 36.4 Å². The SMILES string of the molecule is O=C(c1csc(C#CCCO)c1)N1CCCCCC1. The number of hydrogen-bond donors (Lipinski definition) is 1. The van der Waals surface area contributed by atoms with Crippen molar-refractivity contribution in [1.82, 2.24) is 4.90 Å². The van der Waals surface area contributed by atoms with Gasteiger partial charge in [0.1, 0.15) is 0 Å². The van der Waals surface area contributed by atoms with Gasteiger partial charge < -0.3 is 10.0 Å². The summed E-state index contributed by atoms with van der Waals surface area (Å²) in [6, 6.07) is 1.86. The summed E-state index contributed by atoms with van der Waals surface area (Å²) in [6.45, 7) is 1.83. The molecule has 0 aromatic carbocycles. The van der Waals surface area contributed by atoms with Crippen molar-refractivity contribution < 1.29 is 9.90 Å². The molecular formula is C15H19NO2S. The van der Waals surface area contributed by atoms with Crippen molar-refractivity contribution in [3.8, 4) is 11.8 Å². The van der Waals surface area contributed by atoms with Crippen molar-refractivity contribution in [2.75, 3.05) is 19.7 Å². The van der Waals surface area contributed by atoms with Gasteiger partial charge in [0.2, 0.25) is 0 Å². The summed E-state index contributed by atoms with van der Waals surface area (Å²) in [4.78, 5) is 15.2. The van der Waals surface area contributed by atoms with Crippen LogP contribution in [-0.2, 0) is 0 Å². The summed E-state index contributed by atoms with van der Waals surface area (Å²) in [5, 5.41) is 10.6. The number of carbonyl (C=O) groups is 1. The second kappa shape index (κ2) is 7.32. The molecule has 0 aliphatic carbocycles. The molecule has 1 aliphatic rings. The number of amides is 1. The molecule has 1 saturated heterocycles. The minimum Gasteiger partial charge on any atom is -0.395 e. The van der Waals surface area contributed by atoms with Crippen LogP contribution in [0.25, 0.3) is 0 Å². The predicted molar refractivity (Wildman–Crippen MR) is 77.3 cm³/mol. The van der Waals surface area contributed by atoms with Crippen LogP contribution in [0, 0.1) is 11.8 Å². The van der Waals surface area contributed by atoms with Gasteiger partial charge in [-0.3, -0.25) is 4.79 Å². The maximum atomic E-state index is 12.3. The molecule has 19 heavy (non-hydrogen) atoms. The molecule has 102 valence electrons. The van der Waals surface area contributed by atoms with Crippen molar-refractivity contribution in [3.63, 3.8) is 0 Å². The number of hydrogen-bond acceptors (Lipinski definition) is 3. The lowest BCUT2D eigenvalue weighted by molar-refractivity contribution is 0.0762. The summed E-state index contributed by atoms with van der Waals surface area (Å²) >= 11 is 1.49. The van der Waals surface area contributed by atoms with E-state index in [0.29, 0.717) is 6.42 Å². The van der Waals surface area contributed by atoms with E-state index in [1.54, 1.807) is 0 Å². The van der Waals surface area contributed by atoms with Crippen LogP contribution in [-0.4, -0.2) is 35.6 Å². The van der Waals surface area contributed by atoms with Gasteiger partial charge in [0, 0.05) is 24.9 Å². The average molecular weight is 277 g/mol. The largest absolute Gasteiger partial charge is 0.395 e. The van der Waals surface area contributed by atoms with Crippen LogP contribution in [0.5, 0.6) is 0 Å². The molecule has 1 N–H and O–H groups in total. The van der Waals surface area contributed by atoms with Gasteiger partial charge in [0.05, 0.1) is 17.0 Å². The van der Waals surface area contributed by atoms with E-state index < -0.39 is 0 Å². The number of rotatable bonds is 2. The Morgan fingerprint density at radius 1 is 1.32 bits per heavy atom. The van der Waals surface area contributed by atoms with Gasteiger partial charge in [-0.2, -0.15) is 0 Å². The third-order valence-corrected chi connectivity index (χ3v) is 4.03. The highest BCUT2D eigenvalue weighted by Crippen LogP contribution is 2.18. The van der Waals surface area contributed by atoms with Gasteiger partial charge in [0.25, 0.3) is 5.91 Å². The van der Waals surface area contributed by atoms with E-state index in [1.807, 2.05) is 16.3 Å². The van der Waals surface area contributed by atoms with Crippen LogP contribution < -0.4 is 0 Å². The molecule has 1 fully saturated rings. The second-order valence-corrected chi connectivity index (χ2v) is 5.59. The maximum absolute atomic E-state index is 12.3. The molecule has 1 aliphatic heterocycles. The number of carbonyl (C=O) groups excluding carboxylic acids is 1. The van der Waals surface area contributed by atoms with E-state index in [-0.39, 0.29) is 12.5 Å². The van der Waals surface area contributed by atoms with E-state index in [2.05, 4.69) is 11.8 Å². The van der Waals surface area contributed by atoms with Crippen LogP contribution in [0.15, 0.2) is 11.4 Å². The lowest BCUT2D eigenvalue weighted by Crippen LogP contribution is -2.31. The van der Waals surface area contributed by atoms with E-state index >= 15 is 0 Å². The monoisotopic (exact) mass is 277 g/mol. The molecule has 1 aromatic rings. The Kier molecular flexibility index (Phi) is 5.44. The molecule has 0 radical (unpaired) electrons. The van der Waals surface area contributed by atoms with Crippen LogP contribution in [0.1, 0.15) is 47.3 Å². The van der Waals surface area contributed by atoms with Crippen molar-refractivity contribution in [1.29, 1.82) is 0 Å². The normalized spacial score (nSPS) is 15.5. The zero-order valence-corrected chi connectivity index (χ0v) is 11.8. The standard InChI is InChI=1S/C15H19NO2S/c17-10-6-3-7-14-11-13(12-19-14)15(18)16-8-4-1-2-5-9-16/h11-12,17H,1-2,4-6,8-10H2. The maximum Gasteiger partial charge on any atom is 0.254 e. The lowest BCUT2D eigenvalue weighted by Gasteiger charge is -2.19. The molecule has 2 rings (SSSR count). The van der Waals surface area contributed by atoms with Gasteiger partial charge in [0.15, 0.2) is 0 Å². The van der Waals surface area contributed by atoms with Crippen molar-refractivity contribution in [2.24, 2.45) is 0 Å². The van der Waals surface area contributed by atoms with Crippen LogP contribution in [0.3, 0.4) is 0 Å². The smallest absolute Gasteiger partial charge is 0.254 e. The van der Waals surface area contributed by atoms with Crippen molar-refractivity contribution in [2.45, 2.75) is 32.1 Å². The Bertz CT molecular complexity index is 476. The number of aliphatic hydroxyl groups is 1. The average Bonchev–Trinajstić information content (AvgIpc) is 2.72. The number of aliphatic hydroxyl groups excluding tert-OH is 1. The predicted octanol–water partition coefficient (Wildman–Crippen LogP) is 2.50. The Labute approximate surface area is 118 Å². The van der Waals surface area contributed by atoms with Gasteiger partial charge in [-0.15, -0.1) is 11.3 Å². The van der Waals surface area contributed by atoms with Gasteiger partial charge in [-0.05, 0) is 18.9 Å². The lowest BCUT2D eigenvalue weighted by atomic mass is 10.2. The van der Waals surface area contributed by atoms with E-state index in [9.17, 15) is 4.79 Å². The third kappa shape index (κ3) is 4.09. The molecule has 4 heteroatoms. The number of nitrogens with zero attached hydrogens (tertiary/aromatic N) is 1. The first-order valence-corrected chi connectivity index (χ1v) is 7.67. The first-order valence-electron chi connectivity index (χ1n) is 6.79. The minimum atomic E-state index is 0.0813. The molecule has 1 aromatic heterocycles. The Morgan fingerprint density at radius 3 is 2.74 bits per heavy atom. The minimum absolute atomic E-state index is 0.0813. The number of likely N-dealkylation sites (tertiary alicyclic amines) is 1. The first-order chi connectivity index (χ1) is 9.31. The summed E-state index contributed by atoms with van der Waals surface area (Å²) in [6.07, 6.45) is 5.15. The molecule has 0 saturated carbocycles. The summed E-state index contributed by atoms with van der Waals surface area (Å²) < 4.78 is 0. The molecule has 0 bridgehead atoms. The van der Waals surface area contributed by atoms with Gasteiger partial charge in [-0.1, -0.05) is 24.7 Å². The van der Waals surface area contributed by atoms with Crippen LogP contribution in [0.4, 0.5) is 0 Å². The fourth-order valence-corrected chi connectivity index (χ4v) is 2.92. The van der Waals surface area contributed by atoms with E-state index in [1.165, 1.54) is 24.2 Å². The highest BCUT2D eigenvalue weighted by atomic mass is 32.1. The highest BCUT2D eigenvalue weighted by molar-refractivity contribution is 7.10. The second-order valence-electron chi connectivity index (χ2n) is 4.68. The fraction of sp³-hybridized carbons (Fsp3) is 0.533. The third-order valence-electron chi connectivity index (χ3n) is 3.19. The molecule has 2 heterocycles. The van der Waals surface area contributed by atoms with Crippen molar-refractivity contribution in [3.05, 3.63) is 21.9 Å². The molecule has 0 atom stereocenters. The molecular weight excluding hydrogens is 258 g/mol. The van der Waals surface area contributed by atoms with Crippen molar-refractivity contribution >= 4 is 17.2 Å². The van der Waals surface area contributed by atoms with Crippen LogP contribution in [0.2, 0.25) is 0 Å². The summed E-state index contributed by atoms with van der Waals surface area (Å²) in [7, 11) is 0. The highest BCUT2D eigenvalue weighted by Gasteiger charge is 2.18. The van der Waals surface area contributed by atoms with E-state index in [4.69, 9.17) is 5.11 Å². The Hall–Kier alpha value is -1.31. The Balaban J connectivity index is 2.01. The van der Waals surface area contributed by atoms with Gasteiger partial charge >= 0.3 is 0 Å². The molecule has 3 nitrogen and oxygen atoms in total. The number of thiophene rings is 1. The summed E-state index contributed by atoms with van der Waals surface area (Å²) in [5.74, 6) is 5.99. The zero-order valence-electron chi connectivity index (χ0n) is 11.0. The molecule has 1 amide bonds. The Morgan fingerprint density at radius 2 is 2.05 bits per heavy atom. The van der Waals surface area contributed by atoms with Crippen LogP contribution >= 0.6 is 11.3 Å². The molecule has 0 spiro atoms.